The molecule has 0 bridgehead atoms. The molecule has 0 unspecified atom stereocenters. The van der Waals surface area contributed by atoms with Crippen molar-refractivity contribution in [3.8, 4) is 23.1 Å². The number of benzene rings is 1. The second-order valence-electron chi connectivity index (χ2n) is 7.39. The largest absolute Gasteiger partial charge is 0.376 e. The monoisotopic (exact) mass is 323 g/mol. The second-order valence-corrected chi connectivity index (χ2v) is 7.39. The fourth-order valence-electron chi connectivity index (χ4n) is 2.66. The van der Waals surface area contributed by atoms with Crippen LogP contribution in [-0.2, 0) is 11.3 Å². The van der Waals surface area contributed by atoms with E-state index in [-0.39, 0.29) is 11.5 Å². The van der Waals surface area contributed by atoms with Crippen LogP contribution in [0.4, 0.5) is 0 Å². The summed E-state index contributed by atoms with van der Waals surface area (Å²) in [6.45, 7) is 7.99. The topological polar surface area (TPSA) is 39.9 Å². The molecule has 1 aromatic heterocycles. The van der Waals surface area contributed by atoms with Gasteiger partial charge in [0, 0.05) is 23.1 Å². The second kappa shape index (κ2) is 7.19. The van der Waals surface area contributed by atoms with Gasteiger partial charge in [0.2, 0.25) is 0 Å². The summed E-state index contributed by atoms with van der Waals surface area (Å²) in [5.41, 5.74) is 2.99. The van der Waals surface area contributed by atoms with E-state index >= 15 is 0 Å². The fourth-order valence-corrected chi connectivity index (χ4v) is 2.66. The Balaban J connectivity index is 1.67. The van der Waals surface area contributed by atoms with Gasteiger partial charge in [-0.1, -0.05) is 29.2 Å². The number of hydrogen-bond donors (Lipinski definition) is 0. The van der Waals surface area contributed by atoms with Crippen LogP contribution in [0.2, 0.25) is 0 Å². The lowest BCUT2D eigenvalue weighted by molar-refractivity contribution is 0.00370. The van der Waals surface area contributed by atoms with Crippen molar-refractivity contribution in [2.45, 2.75) is 52.7 Å². The molecule has 0 radical (unpaired) electrons. The van der Waals surface area contributed by atoms with Gasteiger partial charge in [0.05, 0.1) is 18.8 Å². The van der Waals surface area contributed by atoms with Crippen LogP contribution in [0.1, 0.15) is 45.6 Å². The molecule has 1 aliphatic rings. The highest BCUT2D eigenvalue weighted by Gasteiger charge is 2.15. The zero-order valence-corrected chi connectivity index (χ0v) is 14.7. The quantitative estimate of drug-likeness (QED) is 0.804. The van der Waals surface area contributed by atoms with Crippen LogP contribution >= 0.6 is 0 Å². The summed E-state index contributed by atoms with van der Waals surface area (Å²) in [5.74, 6) is 6.47. The van der Waals surface area contributed by atoms with Crippen LogP contribution in [0.5, 0.6) is 0 Å². The first-order chi connectivity index (χ1) is 11.5. The lowest BCUT2D eigenvalue weighted by atomic mass is 9.97. The normalized spacial score (nSPS) is 18.0. The molecule has 0 spiro atoms. The Labute approximate surface area is 144 Å². The Morgan fingerprint density at radius 2 is 2.00 bits per heavy atom. The molecule has 1 fully saturated rings. The minimum Gasteiger partial charge on any atom is -0.376 e. The zero-order chi connectivity index (χ0) is 17.0. The predicted molar refractivity (Wildman–Crippen MR) is 95.4 cm³/mol. The molecule has 3 rings (SSSR count). The maximum absolute atomic E-state index is 5.76. The van der Waals surface area contributed by atoms with Gasteiger partial charge in [-0.25, -0.2) is 4.68 Å². The fraction of sp³-hybridized carbons (Fsp3) is 0.500. The third-order valence-electron chi connectivity index (χ3n) is 3.97. The van der Waals surface area contributed by atoms with Gasteiger partial charge < -0.3 is 4.74 Å². The minimum atomic E-state index is 0.0164. The molecule has 0 amide bonds. The summed E-state index contributed by atoms with van der Waals surface area (Å²) in [6.07, 6.45) is 5.78. The van der Waals surface area contributed by atoms with Crippen molar-refractivity contribution in [3.63, 3.8) is 0 Å². The Kier molecular flexibility index (Phi) is 5.01. The van der Waals surface area contributed by atoms with Crippen molar-refractivity contribution in [2.24, 2.45) is 5.41 Å². The zero-order valence-electron chi connectivity index (χ0n) is 14.7. The molecule has 2 aromatic rings. The maximum Gasteiger partial charge on any atom is 0.113 e. The van der Waals surface area contributed by atoms with E-state index in [4.69, 9.17) is 4.74 Å². The molecular weight excluding hydrogens is 298 g/mol. The molecule has 2 heterocycles. The van der Waals surface area contributed by atoms with Crippen LogP contribution in [-0.4, -0.2) is 27.7 Å². The van der Waals surface area contributed by atoms with Gasteiger partial charge in [0.1, 0.15) is 5.69 Å². The van der Waals surface area contributed by atoms with Crippen LogP contribution in [0.15, 0.2) is 30.5 Å². The van der Waals surface area contributed by atoms with E-state index in [1.165, 1.54) is 12.8 Å². The Morgan fingerprint density at radius 1 is 1.21 bits per heavy atom. The number of rotatable bonds is 3. The SMILES string of the molecule is CC(C)(C)C#Cc1ccc(-c2cn(C[C@H]3CCCCO3)nn2)cc1. The van der Waals surface area contributed by atoms with Crippen LogP contribution < -0.4 is 0 Å². The van der Waals surface area contributed by atoms with Crippen LogP contribution in [0, 0.1) is 17.3 Å². The summed E-state index contributed by atoms with van der Waals surface area (Å²) >= 11 is 0. The maximum atomic E-state index is 5.76. The smallest absolute Gasteiger partial charge is 0.113 e. The van der Waals surface area contributed by atoms with Crippen molar-refractivity contribution in [1.82, 2.24) is 15.0 Å². The summed E-state index contributed by atoms with van der Waals surface area (Å²) in [4.78, 5) is 0. The summed E-state index contributed by atoms with van der Waals surface area (Å²) in [7, 11) is 0. The third-order valence-corrected chi connectivity index (χ3v) is 3.97. The molecule has 4 heteroatoms. The molecule has 126 valence electrons. The summed E-state index contributed by atoms with van der Waals surface area (Å²) < 4.78 is 7.65. The standard InChI is InChI=1S/C20H25N3O/c1-20(2,3)12-11-16-7-9-17(10-8-16)19-15-23(22-21-19)14-18-6-4-5-13-24-18/h7-10,15,18H,4-6,13-14H2,1-3H3/t18-/m1/s1. The van der Waals surface area contributed by atoms with Crippen molar-refractivity contribution < 1.29 is 4.74 Å². The molecule has 0 saturated carbocycles. The van der Waals surface area contributed by atoms with Gasteiger partial charge >= 0.3 is 0 Å². The lowest BCUT2D eigenvalue weighted by Crippen LogP contribution is -2.24. The van der Waals surface area contributed by atoms with Crippen molar-refractivity contribution in [3.05, 3.63) is 36.0 Å². The molecule has 1 aliphatic heterocycles. The van der Waals surface area contributed by atoms with Crippen LogP contribution in [0.25, 0.3) is 11.3 Å². The van der Waals surface area contributed by atoms with E-state index in [2.05, 4.69) is 55.1 Å². The Hall–Kier alpha value is -2.12. The Bertz CT molecular complexity index is 723. The van der Waals surface area contributed by atoms with Crippen molar-refractivity contribution >= 4 is 0 Å². The van der Waals surface area contributed by atoms with E-state index in [1.54, 1.807) is 0 Å². The lowest BCUT2D eigenvalue weighted by Gasteiger charge is -2.21. The third kappa shape index (κ3) is 4.69. The van der Waals surface area contributed by atoms with E-state index in [0.717, 1.165) is 36.4 Å². The molecular formula is C20H25N3O. The van der Waals surface area contributed by atoms with Crippen molar-refractivity contribution in [2.75, 3.05) is 6.61 Å². The summed E-state index contributed by atoms with van der Waals surface area (Å²) in [6, 6.07) is 8.19. The average molecular weight is 323 g/mol. The molecule has 0 N–H and O–H groups in total. The first kappa shape index (κ1) is 16.7. The molecule has 1 atom stereocenters. The van der Waals surface area contributed by atoms with Crippen molar-refractivity contribution in [1.29, 1.82) is 0 Å². The number of nitrogens with zero attached hydrogens (tertiary/aromatic N) is 3. The van der Waals surface area contributed by atoms with E-state index in [1.807, 2.05) is 23.0 Å². The average Bonchev–Trinajstić information content (AvgIpc) is 3.02. The highest BCUT2D eigenvalue weighted by atomic mass is 16.5. The predicted octanol–water partition coefficient (Wildman–Crippen LogP) is 3.91. The van der Waals surface area contributed by atoms with Gasteiger partial charge in [-0.05, 0) is 52.2 Å². The molecule has 1 saturated heterocycles. The molecule has 1 aromatic carbocycles. The van der Waals surface area contributed by atoms with E-state index in [9.17, 15) is 0 Å². The Morgan fingerprint density at radius 3 is 2.67 bits per heavy atom. The first-order valence-corrected chi connectivity index (χ1v) is 8.65. The highest BCUT2D eigenvalue weighted by Crippen LogP contribution is 2.19. The van der Waals surface area contributed by atoms with Crippen LogP contribution in [0.3, 0.4) is 0 Å². The summed E-state index contributed by atoms with van der Waals surface area (Å²) in [5, 5.41) is 8.52. The van der Waals surface area contributed by atoms with Gasteiger partial charge in [0.25, 0.3) is 0 Å². The van der Waals surface area contributed by atoms with Gasteiger partial charge in [0.15, 0.2) is 0 Å². The molecule has 24 heavy (non-hydrogen) atoms. The van der Waals surface area contributed by atoms with E-state index < -0.39 is 0 Å². The highest BCUT2D eigenvalue weighted by molar-refractivity contribution is 5.59. The molecule has 4 nitrogen and oxygen atoms in total. The number of aromatic nitrogens is 3. The van der Waals surface area contributed by atoms with E-state index in [0.29, 0.717) is 0 Å². The van der Waals surface area contributed by atoms with Gasteiger partial charge in [-0.15, -0.1) is 5.10 Å². The number of ether oxygens (including phenoxy) is 1. The van der Waals surface area contributed by atoms with Gasteiger partial charge in [-0.3, -0.25) is 0 Å². The minimum absolute atomic E-state index is 0.0164. The van der Waals surface area contributed by atoms with Gasteiger partial charge in [-0.2, -0.15) is 0 Å². The number of hydrogen-bond acceptors (Lipinski definition) is 3. The first-order valence-electron chi connectivity index (χ1n) is 8.65. The molecule has 0 aliphatic carbocycles.